The molecule has 0 bridgehead atoms. The number of thioether (sulfide) groups is 1. The largest absolute Gasteiger partial charge is 0.446 e. The van der Waals surface area contributed by atoms with Gasteiger partial charge in [0.15, 0.2) is 0 Å². The number of hydrogen-bond acceptors (Lipinski definition) is 9. The summed E-state index contributed by atoms with van der Waals surface area (Å²) in [5, 5.41) is 9.39. The maximum absolute atomic E-state index is 14.8. The number of benzene rings is 1. The number of halogens is 3. The second-order valence-electron chi connectivity index (χ2n) is 12.1. The van der Waals surface area contributed by atoms with E-state index in [2.05, 4.69) is 35.9 Å². The van der Waals surface area contributed by atoms with Crippen LogP contribution in [0.3, 0.4) is 0 Å². The highest BCUT2D eigenvalue weighted by atomic mass is 32.2. The first-order valence-corrected chi connectivity index (χ1v) is 16.5. The highest BCUT2D eigenvalue weighted by Gasteiger charge is 2.58. The molecule has 0 aliphatic carbocycles. The number of urea groups is 1. The number of amides is 3. The summed E-state index contributed by atoms with van der Waals surface area (Å²) < 4.78 is 39.0. The van der Waals surface area contributed by atoms with E-state index >= 15 is 0 Å². The summed E-state index contributed by atoms with van der Waals surface area (Å²) in [7, 11) is 0. The number of rotatable bonds is 10. The summed E-state index contributed by atoms with van der Waals surface area (Å²) in [5.74, 6) is 0.325. The highest BCUT2D eigenvalue weighted by molar-refractivity contribution is 8.00. The van der Waals surface area contributed by atoms with Gasteiger partial charge in [-0.15, -0.1) is 0 Å². The molecule has 0 saturated carbocycles. The average Bonchev–Trinajstić information content (AvgIpc) is 3.36. The summed E-state index contributed by atoms with van der Waals surface area (Å²) in [4.78, 5) is 47.2. The lowest BCUT2D eigenvalue weighted by molar-refractivity contribution is -0.123. The van der Waals surface area contributed by atoms with Crippen LogP contribution in [0.25, 0.3) is 0 Å². The van der Waals surface area contributed by atoms with Crippen LogP contribution >= 0.6 is 11.8 Å². The van der Waals surface area contributed by atoms with Gasteiger partial charge in [-0.3, -0.25) is 4.79 Å². The zero-order valence-electron chi connectivity index (χ0n) is 27.5. The van der Waals surface area contributed by atoms with Gasteiger partial charge in [0.25, 0.3) is 5.91 Å². The van der Waals surface area contributed by atoms with Gasteiger partial charge >= 0.3 is 11.5 Å². The quantitative estimate of drug-likeness (QED) is 0.0974. The minimum Gasteiger partial charge on any atom is -0.325 e. The second-order valence-corrected chi connectivity index (χ2v) is 13.2. The molecule has 50 heavy (non-hydrogen) atoms. The first-order valence-electron chi connectivity index (χ1n) is 15.7. The van der Waals surface area contributed by atoms with E-state index in [0.717, 1.165) is 16.0 Å². The van der Waals surface area contributed by atoms with E-state index in [1.165, 1.54) is 24.3 Å². The molecule has 2 unspecified atom stereocenters. The first kappa shape index (κ1) is 34.4. The molecule has 1 aromatic carbocycles. The molecule has 2 atom stereocenters. The second kappa shape index (κ2) is 13.8. The number of aromatic nitrogens is 4. The Kier molecular flexibility index (Phi) is 9.47. The Morgan fingerprint density at radius 1 is 0.720 bits per heavy atom. The van der Waals surface area contributed by atoms with Gasteiger partial charge in [-0.25, -0.2) is 29.6 Å². The molecule has 0 radical (unpaired) electrons. The number of imide groups is 1. The Hall–Kier alpha value is -5.50. The normalized spacial score (nSPS) is 17.3. The van der Waals surface area contributed by atoms with E-state index in [4.69, 9.17) is 0 Å². The molecule has 1 aliphatic heterocycles. The summed E-state index contributed by atoms with van der Waals surface area (Å²) >= 11 is -0.274. The molecule has 256 valence electrons. The molecule has 0 spiro atoms. The van der Waals surface area contributed by atoms with Crippen LogP contribution in [0.15, 0.2) is 102 Å². The summed E-state index contributed by atoms with van der Waals surface area (Å²) in [6.07, 6.45) is 6.68. The van der Waals surface area contributed by atoms with Crippen molar-refractivity contribution in [3.63, 3.8) is 0 Å². The third kappa shape index (κ3) is 7.25. The minimum atomic E-state index is -4.48. The Bertz CT molecular complexity index is 1910. The fourth-order valence-electron chi connectivity index (χ4n) is 6.00. The Morgan fingerprint density at radius 3 is 1.66 bits per heavy atom. The zero-order valence-corrected chi connectivity index (χ0v) is 28.3. The number of pyridine rings is 4. The van der Waals surface area contributed by atoms with Gasteiger partial charge in [0.1, 0.15) is 28.8 Å². The van der Waals surface area contributed by atoms with Crippen LogP contribution < -0.4 is 20.9 Å². The maximum atomic E-state index is 14.8. The summed E-state index contributed by atoms with van der Waals surface area (Å²) in [5.41, 5.74) is -2.48. The number of hydrogen-bond donors (Lipinski definition) is 3. The smallest absolute Gasteiger partial charge is 0.325 e. The first-order chi connectivity index (χ1) is 23.8. The van der Waals surface area contributed by atoms with Gasteiger partial charge in [0, 0.05) is 41.5 Å². The Balaban J connectivity index is 1.38. The zero-order chi connectivity index (χ0) is 35.6. The maximum Gasteiger partial charge on any atom is 0.446 e. The molecular weight excluding hydrogens is 666 g/mol. The summed E-state index contributed by atoms with van der Waals surface area (Å²) in [6.45, 7) is 7.57. The van der Waals surface area contributed by atoms with Gasteiger partial charge in [-0.2, -0.15) is 13.2 Å². The molecule has 14 heteroatoms. The predicted molar refractivity (Wildman–Crippen MR) is 187 cm³/mol. The van der Waals surface area contributed by atoms with Crippen molar-refractivity contribution in [3.8, 4) is 0 Å². The van der Waals surface area contributed by atoms with Crippen molar-refractivity contribution in [1.82, 2.24) is 25.3 Å². The molecule has 3 N–H and O–H groups in total. The van der Waals surface area contributed by atoms with Crippen molar-refractivity contribution in [2.45, 2.75) is 55.5 Å². The topological polar surface area (TPSA) is 125 Å². The minimum absolute atomic E-state index is 0.0685. The van der Waals surface area contributed by atoms with E-state index < -0.39 is 34.8 Å². The lowest BCUT2D eigenvalue weighted by Crippen LogP contribution is -2.55. The number of carbonyl (C=O) groups is 2. The van der Waals surface area contributed by atoms with Crippen LogP contribution in [0, 0.1) is 13.8 Å². The van der Waals surface area contributed by atoms with Crippen LogP contribution in [0.4, 0.5) is 46.9 Å². The Labute approximate surface area is 291 Å². The van der Waals surface area contributed by atoms with E-state index in [0.29, 0.717) is 34.4 Å². The van der Waals surface area contributed by atoms with E-state index in [1.54, 1.807) is 49.1 Å². The van der Waals surface area contributed by atoms with Crippen LogP contribution in [0.5, 0.6) is 0 Å². The van der Waals surface area contributed by atoms with Gasteiger partial charge in [0.05, 0.1) is 5.69 Å². The molecule has 6 rings (SSSR count). The third-order valence-corrected chi connectivity index (χ3v) is 9.41. The molecule has 3 amide bonds. The standard InChI is InChI=1S/C36H33F3N8O2S/c1-21-5-11-29(42-19-21)44-31-17-25(13-15-40-31)23(3)35(24(4)26-14-16-41-32(18-26)45-30-12-6-22(2)20-43-30)33(48)47(34(49)46-35)27-7-9-28(10-8-27)50-36(37,38)39/h5-20,23-24H,1-4H3,(H,46,49)(H,40,42,44)(H,41,43,45). The van der Waals surface area contributed by atoms with Crippen LogP contribution in [-0.2, 0) is 4.79 Å². The molecule has 1 aliphatic rings. The van der Waals surface area contributed by atoms with Crippen LogP contribution in [0.2, 0.25) is 0 Å². The molecule has 4 aromatic heterocycles. The number of nitrogens with zero attached hydrogens (tertiary/aromatic N) is 5. The Morgan fingerprint density at radius 2 is 1.22 bits per heavy atom. The van der Waals surface area contributed by atoms with E-state index in [9.17, 15) is 22.8 Å². The van der Waals surface area contributed by atoms with Crippen molar-refractivity contribution in [2.24, 2.45) is 0 Å². The van der Waals surface area contributed by atoms with Gasteiger partial charge in [-0.1, -0.05) is 26.0 Å². The fourth-order valence-corrected chi connectivity index (χ4v) is 6.54. The molecule has 5 aromatic rings. The fraction of sp³-hybridized carbons (Fsp3) is 0.222. The number of aryl methyl sites for hydroxylation is 2. The van der Waals surface area contributed by atoms with Crippen LogP contribution in [-0.4, -0.2) is 42.9 Å². The molecule has 1 saturated heterocycles. The van der Waals surface area contributed by atoms with Crippen molar-refractivity contribution < 1.29 is 22.8 Å². The van der Waals surface area contributed by atoms with Gasteiger partial charge in [-0.05, 0) is 109 Å². The van der Waals surface area contributed by atoms with Gasteiger partial charge < -0.3 is 16.0 Å². The van der Waals surface area contributed by atoms with Crippen molar-refractivity contribution >= 4 is 52.7 Å². The number of carbonyl (C=O) groups excluding carboxylic acids is 2. The SMILES string of the molecule is Cc1ccc(Nc2cc(C(C)C3(C(C)c4ccnc(Nc5ccc(C)cn5)c4)NC(=O)N(c4ccc(SC(F)(F)F)cc4)C3=O)ccn2)nc1. The van der Waals surface area contributed by atoms with Crippen molar-refractivity contribution in [3.05, 3.63) is 120 Å². The molecule has 5 heterocycles. The lowest BCUT2D eigenvalue weighted by atomic mass is 9.70. The molecule has 1 fully saturated rings. The van der Waals surface area contributed by atoms with Gasteiger partial charge in [0.2, 0.25) is 0 Å². The number of nitrogens with one attached hydrogen (secondary N) is 3. The van der Waals surface area contributed by atoms with E-state index in [-0.39, 0.29) is 22.3 Å². The van der Waals surface area contributed by atoms with Crippen molar-refractivity contribution in [2.75, 3.05) is 15.5 Å². The van der Waals surface area contributed by atoms with E-state index in [1.807, 2.05) is 52.0 Å². The average molecular weight is 699 g/mol. The monoisotopic (exact) mass is 698 g/mol. The summed E-state index contributed by atoms with van der Waals surface area (Å²) in [6, 6.07) is 19.1. The number of alkyl halides is 3. The molecule has 10 nitrogen and oxygen atoms in total. The highest BCUT2D eigenvalue weighted by Crippen LogP contribution is 2.46. The van der Waals surface area contributed by atoms with Crippen LogP contribution in [0.1, 0.15) is 47.9 Å². The third-order valence-electron chi connectivity index (χ3n) is 8.67. The number of anilines is 5. The predicted octanol–water partition coefficient (Wildman–Crippen LogP) is 8.38. The van der Waals surface area contributed by atoms with Crippen molar-refractivity contribution in [1.29, 1.82) is 0 Å². The lowest BCUT2D eigenvalue weighted by Gasteiger charge is -2.39. The molecular formula is C36H33F3N8O2S.